The number of aliphatic hydroxyl groups is 1. The van der Waals surface area contributed by atoms with Crippen molar-refractivity contribution in [2.75, 3.05) is 59.3 Å². The Labute approximate surface area is 284 Å². The molecule has 3 amide bonds. The Morgan fingerprint density at radius 2 is 1.81 bits per heavy atom. The van der Waals surface area contributed by atoms with Crippen LogP contribution in [0, 0.1) is 11.3 Å². The lowest BCUT2D eigenvalue weighted by Crippen LogP contribution is -2.58. The fourth-order valence-electron chi connectivity index (χ4n) is 6.55. The zero-order valence-electron chi connectivity index (χ0n) is 28.5. The molecule has 2 aromatic carbocycles. The predicted molar refractivity (Wildman–Crippen MR) is 182 cm³/mol. The highest BCUT2D eigenvalue weighted by Crippen LogP contribution is 2.36. The summed E-state index contributed by atoms with van der Waals surface area (Å²) in [5, 5.41) is 28.5. The van der Waals surface area contributed by atoms with Gasteiger partial charge in [-0.2, -0.15) is 4.31 Å². The molecular weight excluding hydrogens is 638 g/mol. The molecule has 0 radical (unpaired) electrons. The molecule has 0 spiro atoms. The number of aliphatic hydroxyl groups excluding tert-OH is 1. The van der Waals surface area contributed by atoms with Crippen molar-refractivity contribution < 1.29 is 37.7 Å². The second-order valence-electron chi connectivity index (χ2n) is 13.6. The molecule has 2 aliphatic rings. The maximum Gasteiger partial charge on any atom is 0.407 e. The quantitative estimate of drug-likeness (QED) is 0.194. The lowest BCUT2D eigenvalue weighted by molar-refractivity contribution is -0.0906. The first-order chi connectivity index (χ1) is 22.7. The van der Waals surface area contributed by atoms with E-state index < -0.39 is 46.0 Å². The third-order valence-electron chi connectivity index (χ3n) is 9.14. The fourth-order valence-corrected chi connectivity index (χ4v) is 8.24. The van der Waals surface area contributed by atoms with E-state index in [1.165, 1.54) is 20.2 Å². The van der Waals surface area contributed by atoms with Gasteiger partial charge >= 0.3 is 12.1 Å². The smallest absolute Gasteiger partial charge is 0.407 e. The van der Waals surface area contributed by atoms with Crippen LogP contribution in [0.2, 0.25) is 0 Å². The van der Waals surface area contributed by atoms with Crippen molar-refractivity contribution in [2.45, 2.75) is 68.9 Å². The van der Waals surface area contributed by atoms with Crippen LogP contribution in [0.3, 0.4) is 0 Å². The van der Waals surface area contributed by atoms with Gasteiger partial charge in [-0.05, 0) is 54.9 Å². The fraction of sp³-hybridized carbons (Fsp3) is 0.588. The van der Waals surface area contributed by atoms with Crippen LogP contribution in [0.15, 0.2) is 59.5 Å². The molecule has 0 aromatic heterocycles. The number of nitrogens with one attached hydrogen (secondary N) is 2. The van der Waals surface area contributed by atoms with Crippen molar-refractivity contribution in [1.82, 2.24) is 19.4 Å². The van der Waals surface area contributed by atoms with E-state index in [0.717, 1.165) is 5.56 Å². The average Bonchev–Trinajstić information content (AvgIpc) is 3.68. The van der Waals surface area contributed by atoms with Crippen molar-refractivity contribution in [3.8, 4) is 0 Å². The number of anilines is 1. The SMILES string of the molecule is CNc1cccc(S(=O)(=O)N(C[C@@H](O)[C@H](Cc2ccccc2)N(C(=O)O)[C@H]2CO[C@H]3OCC[C@H]32)CC(C)(C)CCCNC(=O)N(C)C)c1. The van der Waals surface area contributed by atoms with Gasteiger partial charge in [-0.25, -0.2) is 18.0 Å². The zero-order valence-corrected chi connectivity index (χ0v) is 29.4. The number of rotatable bonds is 16. The lowest BCUT2D eigenvalue weighted by Gasteiger charge is -2.40. The lowest BCUT2D eigenvalue weighted by atomic mass is 9.87. The van der Waals surface area contributed by atoms with E-state index in [-0.39, 0.29) is 43.0 Å². The first kappa shape index (κ1) is 37.4. The van der Waals surface area contributed by atoms with Crippen LogP contribution in [-0.2, 0) is 25.9 Å². The molecule has 4 N–H and O–H groups in total. The number of fused-ring (bicyclic) bond motifs is 1. The third kappa shape index (κ3) is 9.38. The van der Waals surface area contributed by atoms with Gasteiger partial charge in [0.15, 0.2) is 6.29 Å². The number of nitrogens with zero attached hydrogens (tertiary/aromatic N) is 3. The van der Waals surface area contributed by atoms with Gasteiger partial charge in [-0.1, -0.05) is 50.2 Å². The molecule has 0 unspecified atom stereocenters. The van der Waals surface area contributed by atoms with Crippen LogP contribution in [0.5, 0.6) is 0 Å². The second kappa shape index (κ2) is 16.3. The highest BCUT2D eigenvalue weighted by molar-refractivity contribution is 7.89. The van der Waals surface area contributed by atoms with E-state index in [0.29, 0.717) is 38.1 Å². The summed E-state index contributed by atoms with van der Waals surface area (Å²) in [6.07, 6.45) is -1.14. The Bertz CT molecular complexity index is 1470. The van der Waals surface area contributed by atoms with Gasteiger partial charge in [-0.15, -0.1) is 0 Å². The second-order valence-corrected chi connectivity index (χ2v) is 15.5. The molecular formula is C34H51N5O8S. The first-order valence-electron chi connectivity index (χ1n) is 16.4. The number of sulfonamides is 1. The number of ether oxygens (including phenoxy) is 2. The van der Waals surface area contributed by atoms with Crippen molar-refractivity contribution in [3.63, 3.8) is 0 Å². The molecule has 2 saturated heterocycles. The van der Waals surface area contributed by atoms with Gasteiger partial charge in [0.2, 0.25) is 10.0 Å². The molecule has 48 heavy (non-hydrogen) atoms. The summed E-state index contributed by atoms with van der Waals surface area (Å²) >= 11 is 0. The van der Waals surface area contributed by atoms with Gasteiger partial charge in [0.25, 0.3) is 0 Å². The van der Waals surface area contributed by atoms with E-state index in [1.807, 2.05) is 44.2 Å². The first-order valence-corrected chi connectivity index (χ1v) is 17.9. The van der Waals surface area contributed by atoms with Crippen LogP contribution >= 0.6 is 0 Å². The number of hydrogen-bond donors (Lipinski definition) is 4. The standard InChI is InChI=1S/C34H51N5O8S/c1-34(2,16-10-17-36-32(41)37(4)5)23-38(48(44,45)26-14-9-13-25(20-26)35-3)21-30(40)28(19-24-11-7-6-8-12-24)39(33(42)43)29-22-47-31-27(29)15-18-46-31/h6-9,11-14,20,27-31,35,40H,10,15-19,21-23H2,1-5H3,(H,36,41)(H,42,43)/t27-,28-,29-,30+,31+/m0/s1. The number of amides is 3. The minimum Gasteiger partial charge on any atom is -0.465 e. The predicted octanol–water partition coefficient (Wildman–Crippen LogP) is 3.51. The number of hydrogen-bond acceptors (Lipinski definition) is 8. The number of carbonyl (C=O) groups excluding carboxylic acids is 1. The monoisotopic (exact) mass is 689 g/mol. The van der Waals surface area contributed by atoms with Gasteiger partial charge < -0.3 is 35.2 Å². The van der Waals surface area contributed by atoms with E-state index >= 15 is 0 Å². The van der Waals surface area contributed by atoms with Crippen molar-refractivity contribution in [1.29, 1.82) is 0 Å². The largest absolute Gasteiger partial charge is 0.465 e. The summed E-state index contributed by atoms with van der Waals surface area (Å²) in [4.78, 5) is 27.8. The van der Waals surface area contributed by atoms with Crippen LogP contribution in [-0.4, -0.2) is 123 Å². The van der Waals surface area contributed by atoms with E-state index in [1.54, 1.807) is 39.3 Å². The van der Waals surface area contributed by atoms with Crippen LogP contribution in [0.4, 0.5) is 15.3 Å². The minimum atomic E-state index is -4.16. The van der Waals surface area contributed by atoms with E-state index in [2.05, 4.69) is 10.6 Å². The van der Waals surface area contributed by atoms with Crippen molar-refractivity contribution in [3.05, 3.63) is 60.2 Å². The van der Waals surface area contributed by atoms with Crippen molar-refractivity contribution >= 4 is 27.8 Å². The molecule has 2 aliphatic heterocycles. The molecule has 5 atom stereocenters. The highest BCUT2D eigenvalue weighted by atomic mass is 32.2. The van der Waals surface area contributed by atoms with Crippen LogP contribution in [0.25, 0.3) is 0 Å². The van der Waals surface area contributed by atoms with E-state index in [4.69, 9.17) is 9.47 Å². The van der Waals surface area contributed by atoms with Crippen LogP contribution < -0.4 is 10.6 Å². The Kier molecular flexibility index (Phi) is 12.7. The number of urea groups is 1. The Morgan fingerprint density at radius 1 is 1.08 bits per heavy atom. The molecule has 2 aromatic rings. The number of carboxylic acid groups (broad SMARTS) is 1. The van der Waals surface area contributed by atoms with E-state index in [9.17, 15) is 28.2 Å². The topological polar surface area (TPSA) is 161 Å². The Morgan fingerprint density at radius 3 is 2.48 bits per heavy atom. The highest BCUT2D eigenvalue weighted by Gasteiger charge is 2.49. The average molecular weight is 690 g/mol. The molecule has 14 heteroatoms. The minimum absolute atomic E-state index is 0.0496. The Balaban J connectivity index is 1.66. The summed E-state index contributed by atoms with van der Waals surface area (Å²) in [6, 6.07) is 14.0. The molecule has 0 bridgehead atoms. The van der Waals surface area contributed by atoms with Crippen molar-refractivity contribution in [2.24, 2.45) is 11.3 Å². The van der Waals surface area contributed by atoms with Crippen LogP contribution in [0.1, 0.15) is 38.7 Å². The molecule has 0 saturated carbocycles. The zero-order chi connectivity index (χ0) is 35.1. The van der Waals surface area contributed by atoms with Gasteiger partial charge in [0, 0.05) is 52.4 Å². The maximum absolute atomic E-state index is 14.4. The summed E-state index contributed by atoms with van der Waals surface area (Å²) in [7, 11) is 0.863. The van der Waals surface area contributed by atoms with Gasteiger partial charge in [0.1, 0.15) is 0 Å². The maximum atomic E-state index is 14.4. The molecule has 13 nitrogen and oxygen atoms in total. The molecule has 2 heterocycles. The normalized spacial score (nSPS) is 20.6. The summed E-state index contributed by atoms with van der Waals surface area (Å²) in [6.45, 7) is 4.59. The molecule has 2 fully saturated rings. The molecule has 266 valence electrons. The van der Waals surface area contributed by atoms with Gasteiger partial charge in [-0.3, -0.25) is 4.90 Å². The summed E-state index contributed by atoms with van der Waals surface area (Å²) in [5.74, 6) is -0.192. The number of carbonyl (C=O) groups is 2. The molecule has 4 rings (SSSR count). The third-order valence-corrected chi connectivity index (χ3v) is 11.0. The summed E-state index contributed by atoms with van der Waals surface area (Å²) < 4.78 is 41.5. The Hall–Kier alpha value is -3.43. The molecule has 0 aliphatic carbocycles. The number of benzene rings is 2. The van der Waals surface area contributed by atoms with Gasteiger partial charge in [0.05, 0.1) is 36.3 Å². The summed E-state index contributed by atoms with van der Waals surface area (Å²) in [5.41, 5.74) is 0.856.